The third-order valence-corrected chi connectivity index (χ3v) is 14.1. The molecule has 3 aromatic carbocycles. The summed E-state index contributed by atoms with van der Waals surface area (Å²) in [5.74, 6) is 1.58. The maximum Gasteiger partial charge on any atom is 0.407 e. The van der Waals surface area contributed by atoms with Gasteiger partial charge in [-0.2, -0.15) is 0 Å². The van der Waals surface area contributed by atoms with Crippen LogP contribution in [-0.4, -0.2) is 98.3 Å². The number of methoxy groups -OCH3 is 2. The highest BCUT2D eigenvalue weighted by Gasteiger charge is 2.47. The summed E-state index contributed by atoms with van der Waals surface area (Å²) < 4.78 is 16.2. The van der Waals surface area contributed by atoms with Gasteiger partial charge in [0, 0.05) is 12.1 Å². The number of H-pyrrole nitrogens is 2. The number of aromatic nitrogens is 4. The average molecular weight is 897 g/mol. The second-order valence-electron chi connectivity index (χ2n) is 18.5. The number of ether oxygens (including phenoxy) is 3. The van der Waals surface area contributed by atoms with E-state index in [2.05, 4.69) is 83.0 Å². The van der Waals surface area contributed by atoms with Crippen LogP contribution in [0, 0.1) is 11.8 Å². The number of imidazole rings is 2. The van der Waals surface area contributed by atoms with Gasteiger partial charge in [-0.15, -0.1) is 0 Å². The molecule has 66 heavy (non-hydrogen) atoms. The predicted octanol–water partition coefficient (Wildman–Crippen LogP) is 8.65. The summed E-state index contributed by atoms with van der Waals surface area (Å²) in [6.45, 7) is 6.15. The minimum Gasteiger partial charge on any atom is -0.453 e. The van der Waals surface area contributed by atoms with Crippen LogP contribution in [0.3, 0.4) is 0 Å². The molecule has 9 rings (SSSR count). The van der Waals surface area contributed by atoms with Crippen LogP contribution in [0.4, 0.5) is 9.59 Å². The normalized spacial score (nSPS) is 25.0. The summed E-state index contributed by atoms with van der Waals surface area (Å²) in [5, 5.41) is 5.67. The fraction of sp³-hybridized carbons (Fsp3) is 0.451. The number of hydrogen-bond donors (Lipinski definition) is 4. The number of benzene rings is 3. The molecular formula is C51H60N8O7. The molecule has 0 unspecified atom stereocenters. The lowest BCUT2D eigenvalue weighted by Gasteiger charge is -2.40. The number of aromatic amines is 2. The molecule has 4 aliphatic rings. The molecule has 0 bridgehead atoms. The topological polar surface area (TPSA) is 184 Å². The molecule has 0 spiro atoms. The number of likely N-dealkylation sites (tertiary alicyclic amines) is 2. The van der Waals surface area contributed by atoms with Gasteiger partial charge in [-0.1, -0.05) is 78.9 Å². The maximum atomic E-state index is 14.6. The van der Waals surface area contributed by atoms with E-state index in [9.17, 15) is 19.2 Å². The highest BCUT2D eigenvalue weighted by Crippen LogP contribution is 2.44. The predicted molar refractivity (Wildman–Crippen MR) is 247 cm³/mol. The zero-order valence-corrected chi connectivity index (χ0v) is 38.2. The Kier molecular flexibility index (Phi) is 13.0. The summed E-state index contributed by atoms with van der Waals surface area (Å²) >= 11 is 0. The Balaban J connectivity index is 0.867. The van der Waals surface area contributed by atoms with Crippen LogP contribution in [-0.2, 0) is 23.8 Å². The van der Waals surface area contributed by atoms with Gasteiger partial charge in [0.15, 0.2) is 0 Å². The second-order valence-corrected chi connectivity index (χ2v) is 18.5. The lowest BCUT2D eigenvalue weighted by Crippen LogP contribution is -2.55. The average Bonchev–Trinajstić information content (AvgIpc) is 3.63. The van der Waals surface area contributed by atoms with Crippen LogP contribution in [0.1, 0.15) is 107 Å². The monoisotopic (exact) mass is 896 g/mol. The van der Waals surface area contributed by atoms with Crippen molar-refractivity contribution in [3.63, 3.8) is 0 Å². The minimum absolute atomic E-state index is 0.00397. The highest BCUT2D eigenvalue weighted by atomic mass is 16.5. The van der Waals surface area contributed by atoms with Gasteiger partial charge in [-0.3, -0.25) is 9.59 Å². The largest absolute Gasteiger partial charge is 0.453 e. The second kappa shape index (κ2) is 19.2. The van der Waals surface area contributed by atoms with Crippen LogP contribution < -0.4 is 10.6 Å². The van der Waals surface area contributed by atoms with Crippen LogP contribution in [0.15, 0.2) is 91.3 Å². The summed E-state index contributed by atoms with van der Waals surface area (Å²) in [6.07, 6.45) is 9.31. The van der Waals surface area contributed by atoms with E-state index in [1.165, 1.54) is 14.2 Å². The number of carbonyl (C=O) groups excluding carboxylic acids is 4. The van der Waals surface area contributed by atoms with Gasteiger partial charge < -0.3 is 44.6 Å². The molecule has 1 aliphatic carbocycles. The van der Waals surface area contributed by atoms with Crippen LogP contribution >= 0.6 is 0 Å². The van der Waals surface area contributed by atoms with E-state index in [-0.39, 0.29) is 54.1 Å². The number of rotatable bonds is 12. The first-order chi connectivity index (χ1) is 32.0. The molecule has 0 radical (unpaired) electrons. The van der Waals surface area contributed by atoms with E-state index in [4.69, 9.17) is 24.2 Å². The summed E-state index contributed by atoms with van der Waals surface area (Å²) in [4.78, 5) is 74.1. The third kappa shape index (κ3) is 9.31. The summed E-state index contributed by atoms with van der Waals surface area (Å²) in [6, 6.07) is 23.6. The molecule has 9 atom stereocenters. The van der Waals surface area contributed by atoms with Crippen molar-refractivity contribution >= 4 is 24.0 Å². The van der Waals surface area contributed by atoms with Crippen molar-refractivity contribution in [2.45, 2.75) is 121 Å². The first-order valence-corrected chi connectivity index (χ1v) is 23.3. The Bertz CT molecular complexity index is 2500. The van der Waals surface area contributed by atoms with Gasteiger partial charge in [-0.25, -0.2) is 19.6 Å². The van der Waals surface area contributed by atoms with E-state index in [0.29, 0.717) is 23.7 Å². The first-order valence-electron chi connectivity index (χ1n) is 23.3. The molecule has 346 valence electrons. The fourth-order valence-electron chi connectivity index (χ4n) is 10.5. The Morgan fingerprint density at radius 2 is 1.14 bits per heavy atom. The fourth-order valence-corrected chi connectivity index (χ4v) is 10.5. The lowest BCUT2D eigenvalue weighted by molar-refractivity contribution is -0.141. The van der Waals surface area contributed by atoms with Crippen LogP contribution in [0.5, 0.6) is 0 Å². The van der Waals surface area contributed by atoms with Crippen molar-refractivity contribution in [2.24, 2.45) is 11.8 Å². The van der Waals surface area contributed by atoms with Crippen molar-refractivity contribution in [3.8, 4) is 33.6 Å². The third-order valence-electron chi connectivity index (χ3n) is 14.1. The quantitative estimate of drug-likeness (QED) is 0.0952. The number of carbonyl (C=O) groups is 4. The number of nitrogens with one attached hydrogen (secondary N) is 4. The smallest absolute Gasteiger partial charge is 0.407 e. The maximum absolute atomic E-state index is 14.6. The number of amides is 4. The van der Waals surface area contributed by atoms with Crippen molar-refractivity contribution in [1.82, 2.24) is 40.4 Å². The van der Waals surface area contributed by atoms with Crippen LogP contribution in [0.25, 0.3) is 33.6 Å². The summed E-state index contributed by atoms with van der Waals surface area (Å²) in [7, 11) is 2.62. The number of hydrogen-bond acceptors (Lipinski definition) is 9. The molecule has 3 saturated heterocycles. The van der Waals surface area contributed by atoms with Gasteiger partial charge in [0.25, 0.3) is 5.91 Å². The molecule has 15 heteroatoms. The molecule has 3 aliphatic heterocycles. The van der Waals surface area contributed by atoms with Crippen molar-refractivity contribution < 1.29 is 33.4 Å². The minimum atomic E-state index is -0.900. The van der Waals surface area contributed by atoms with E-state index >= 15 is 0 Å². The molecule has 2 aromatic heterocycles. The Hall–Kier alpha value is -6.48. The van der Waals surface area contributed by atoms with Crippen molar-refractivity contribution in [1.29, 1.82) is 0 Å². The molecule has 4 amide bonds. The zero-order chi connectivity index (χ0) is 46.1. The Labute approximate surface area is 385 Å². The van der Waals surface area contributed by atoms with E-state index in [1.54, 1.807) is 6.20 Å². The van der Waals surface area contributed by atoms with Crippen molar-refractivity contribution in [3.05, 3.63) is 108 Å². The van der Waals surface area contributed by atoms with Gasteiger partial charge >= 0.3 is 12.2 Å². The van der Waals surface area contributed by atoms with E-state index in [0.717, 1.165) is 84.4 Å². The van der Waals surface area contributed by atoms with Gasteiger partial charge in [-0.05, 0) is 112 Å². The Morgan fingerprint density at radius 3 is 1.65 bits per heavy atom. The van der Waals surface area contributed by atoms with Gasteiger partial charge in [0.05, 0.1) is 62.3 Å². The molecule has 4 fully saturated rings. The molecule has 5 heterocycles. The summed E-state index contributed by atoms with van der Waals surface area (Å²) in [5.41, 5.74) is 6.41. The zero-order valence-electron chi connectivity index (χ0n) is 38.2. The molecule has 4 N–H and O–H groups in total. The number of nitrogens with zero attached hydrogens (tertiary/aromatic N) is 4. The molecule has 5 aromatic rings. The van der Waals surface area contributed by atoms with Crippen LogP contribution in [0.2, 0.25) is 0 Å². The highest BCUT2D eigenvalue weighted by molar-refractivity contribution is 5.88. The van der Waals surface area contributed by atoms with Gasteiger partial charge in [0.2, 0.25) is 5.91 Å². The Morgan fingerprint density at radius 1 is 0.636 bits per heavy atom. The SMILES string of the molecule is COC(=O)N[C@H](C(=O)N1[C@@H](C)CC[C@H]1c1ncc(-c2ccc(-c3ccc(-c4cnc([C@@H]5CC[C@H](C)N5C(=O)[C@H](NC(=O)OC)c5ccccc5)[nH]4)cc3)cc2)[nH]1)[C@H]1C[C@@H](C)O[C@H](C2CC2)C1. The standard InChI is InChI=1S/C51H60N8O7/c1-29-11-23-41(58(29)48(60)44(56-50(62)64-4)37-9-7-6-8-10-37)46-52-27-39(54-46)34-17-13-32(14-18-34)33-15-19-35(20-16-33)40-28-53-47(55-40)42-24-12-30(2)59(42)49(61)45(57-51(63)65-5)38-25-31(3)66-43(26-38)36-21-22-36/h6-10,13-20,27-31,36,38,41-45H,11-12,21-26H2,1-5H3,(H,52,54)(H,53,55)(H,56,62)(H,57,63)/t29-,30-,31+,38-,41-,42-,43-,44+,45-/m0/s1. The number of alkyl carbamates (subject to hydrolysis) is 2. The van der Waals surface area contributed by atoms with E-state index in [1.807, 2.05) is 53.3 Å². The molecule has 1 saturated carbocycles. The lowest BCUT2D eigenvalue weighted by atomic mass is 9.83. The first kappa shape index (κ1) is 44.7. The van der Waals surface area contributed by atoms with Crippen molar-refractivity contribution in [2.75, 3.05) is 14.2 Å². The molecular weight excluding hydrogens is 837 g/mol. The van der Waals surface area contributed by atoms with E-state index < -0.39 is 24.3 Å². The molecule has 15 nitrogen and oxygen atoms in total. The van der Waals surface area contributed by atoms with Gasteiger partial charge in [0.1, 0.15) is 23.7 Å².